The highest BCUT2D eigenvalue weighted by molar-refractivity contribution is 7.11. The fraction of sp³-hybridized carbons (Fsp3) is 0.333. The summed E-state index contributed by atoms with van der Waals surface area (Å²) in [6.45, 7) is 2.00. The first-order valence-corrected chi connectivity index (χ1v) is 4.49. The first-order valence-electron chi connectivity index (χ1n) is 2.96. The Hall–Kier alpha value is -0.410. The number of hydrogen-bond donors (Lipinski definition) is 0. The Morgan fingerprint density at radius 3 is 2.17 bits per heavy atom. The maximum absolute atomic E-state index is 8.12. The van der Waals surface area contributed by atoms with E-state index in [1.54, 1.807) is 0 Å². The number of rotatable bonds is 1. The van der Waals surface area contributed by atoms with Crippen molar-refractivity contribution >= 4 is 40.9 Å². The zero-order valence-electron chi connectivity index (χ0n) is 6.13. The lowest BCUT2D eigenvalue weighted by Gasteiger charge is -1.87. The average molecular weight is 226 g/mol. The molecule has 0 spiro atoms. The molecule has 1 aromatic heterocycles. The molecule has 0 amide bonds. The predicted molar refractivity (Wildman–Crippen MR) is 46.5 cm³/mol. The first kappa shape index (κ1) is 11.6. The van der Waals surface area contributed by atoms with Crippen molar-refractivity contribution in [1.29, 1.82) is 0 Å². The van der Waals surface area contributed by atoms with Crippen molar-refractivity contribution in [3.8, 4) is 0 Å². The molecular formula is C6H5Cl2NO2S. The van der Waals surface area contributed by atoms with Gasteiger partial charge in [0, 0.05) is 5.56 Å². The second-order valence-electron chi connectivity index (χ2n) is 1.66. The van der Waals surface area contributed by atoms with Crippen LogP contribution in [-0.2, 0) is 16.0 Å². The molecule has 1 aromatic rings. The molecule has 0 atom stereocenters. The lowest BCUT2D eigenvalue weighted by Crippen LogP contribution is -1.75. The molecule has 0 unspecified atom stereocenters. The van der Waals surface area contributed by atoms with Crippen LogP contribution in [0.2, 0.25) is 9.49 Å². The molecule has 0 radical (unpaired) electrons. The quantitative estimate of drug-likeness (QED) is 0.738. The number of hydrogen-bond acceptors (Lipinski definition) is 4. The smallest absolute Gasteiger partial charge is 0.186 e. The van der Waals surface area contributed by atoms with Crippen LogP contribution < -0.4 is 0 Å². The molecular weight excluding hydrogens is 221 g/mol. The number of carbonyl (C=O) groups excluding carboxylic acids is 2. The molecule has 0 bridgehead atoms. The monoisotopic (exact) mass is 225 g/mol. The third-order valence-corrected chi connectivity index (χ3v) is 2.57. The Balaban J connectivity index is 0.000000354. The third kappa shape index (κ3) is 3.32. The van der Waals surface area contributed by atoms with E-state index in [2.05, 4.69) is 4.37 Å². The molecule has 0 saturated carbocycles. The first-order chi connectivity index (χ1) is 5.67. The van der Waals surface area contributed by atoms with Gasteiger partial charge in [-0.25, -0.2) is 0 Å². The molecule has 6 heteroatoms. The molecule has 12 heavy (non-hydrogen) atoms. The van der Waals surface area contributed by atoms with E-state index in [4.69, 9.17) is 32.8 Å². The van der Waals surface area contributed by atoms with Gasteiger partial charge in [-0.3, -0.25) is 0 Å². The summed E-state index contributed by atoms with van der Waals surface area (Å²) in [5, 5.41) is 0.549. The number of nitrogens with zero attached hydrogens (tertiary/aromatic N) is 1. The lowest BCUT2D eigenvalue weighted by atomic mass is 10.3. The summed E-state index contributed by atoms with van der Waals surface area (Å²) in [5.41, 5.74) is 0.961. The molecule has 1 heterocycles. The van der Waals surface area contributed by atoms with Gasteiger partial charge in [0.1, 0.15) is 9.49 Å². The maximum atomic E-state index is 8.12. The van der Waals surface area contributed by atoms with Crippen LogP contribution in [0.15, 0.2) is 0 Å². The van der Waals surface area contributed by atoms with Gasteiger partial charge in [-0.15, -0.1) is 0 Å². The van der Waals surface area contributed by atoms with E-state index in [0.717, 1.165) is 12.0 Å². The SMILES string of the molecule is CCc1c(Cl)nsc1Cl.O=C=O. The zero-order valence-corrected chi connectivity index (χ0v) is 8.46. The minimum Gasteiger partial charge on any atom is -0.186 e. The summed E-state index contributed by atoms with van der Waals surface area (Å²) in [6, 6.07) is 0. The highest BCUT2D eigenvalue weighted by atomic mass is 35.5. The minimum atomic E-state index is 0.250. The van der Waals surface area contributed by atoms with Crippen LogP contribution in [0.1, 0.15) is 12.5 Å². The van der Waals surface area contributed by atoms with Crippen LogP contribution in [0.25, 0.3) is 0 Å². The molecule has 0 fully saturated rings. The van der Waals surface area contributed by atoms with Gasteiger partial charge in [0.15, 0.2) is 0 Å². The summed E-state index contributed by atoms with van der Waals surface area (Å²) < 4.78 is 4.57. The molecule has 0 aromatic carbocycles. The summed E-state index contributed by atoms with van der Waals surface area (Å²) in [7, 11) is 0. The molecule has 1 rings (SSSR count). The van der Waals surface area contributed by atoms with Gasteiger partial charge in [-0.1, -0.05) is 30.1 Å². The van der Waals surface area contributed by atoms with Gasteiger partial charge in [-0.05, 0) is 18.0 Å². The van der Waals surface area contributed by atoms with E-state index in [-0.39, 0.29) is 6.15 Å². The molecule has 0 aliphatic carbocycles. The van der Waals surface area contributed by atoms with Gasteiger partial charge in [0.2, 0.25) is 0 Å². The Kier molecular flexibility index (Phi) is 5.93. The van der Waals surface area contributed by atoms with Gasteiger partial charge in [-0.2, -0.15) is 14.0 Å². The predicted octanol–water partition coefficient (Wildman–Crippen LogP) is 2.43. The summed E-state index contributed by atoms with van der Waals surface area (Å²) in [6.07, 6.45) is 1.11. The van der Waals surface area contributed by atoms with Gasteiger partial charge >= 0.3 is 6.15 Å². The third-order valence-electron chi connectivity index (χ3n) is 1.05. The van der Waals surface area contributed by atoms with E-state index in [1.807, 2.05) is 6.92 Å². The van der Waals surface area contributed by atoms with Gasteiger partial charge in [0.05, 0.1) is 0 Å². The van der Waals surface area contributed by atoms with Crippen molar-refractivity contribution in [2.24, 2.45) is 0 Å². The lowest BCUT2D eigenvalue weighted by molar-refractivity contribution is -0.191. The van der Waals surface area contributed by atoms with Crippen molar-refractivity contribution < 1.29 is 9.59 Å². The van der Waals surface area contributed by atoms with Crippen LogP contribution in [-0.4, -0.2) is 10.5 Å². The summed E-state index contributed by atoms with van der Waals surface area (Å²) in [4.78, 5) is 16.2. The van der Waals surface area contributed by atoms with Crippen LogP contribution in [0, 0.1) is 0 Å². The van der Waals surface area contributed by atoms with E-state index < -0.39 is 0 Å². The summed E-state index contributed by atoms with van der Waals surface area (Å²) >= 11 is 12.6. The van der Waals surface area contributed by atoms with Crippen LogP contribution in [0.4, 0.5) is 0 Å². The molecule has 0 aliphatic rings. The van der Waals surface area contributed by atoms with Crippen molar-refractivity contribution in [2.45, 2.75) is 13.3 Å². The normalized spacial score (nSPS) is 8.25. The molecule has 0 saturated heterocycles. The van der Waals surface area contributed by atoms with Crippen molar-refractivity contribution in [2.75, 3.05) is 0 Å². The highest BCUT2D eigenvalue weighted by Crippen LogP contribution is 2.27. The van der Waals surface area contributed by atoms with E-state index in [9.17, 15) is 0 Å². The largest absolute Gasteiger partial charge is 0.373 e. The van der Waals surface area contributed by atoms with Crippen molar-refractivity contribution in [1.82, 2.24) is 4.37 Å². The van der Waals surface area contributed by atoms with Crippen LogP contribution in [0.5, 0.6) is 0 Å². The second-order valence-corrected chi connectivity index (χ2v) is 3.40. The number of aromatic nitrogens is 1. The van der Waals surface area contributed by atoms with Crippen molar-refractivity contribution in [3.05, 3.63) is 15.1 Å². The van der Waals surface area contributed by atoms with Crippen molar-refractivity contribution in [3.63, 3.8) is 0 Å². The fourth-order valence-corrected chi connectivity index (χ4v) is 1.94. The topological polar surface area (TPSA) is 47.0 Å². The summed E-state index contributed by atoms with van der Waals surface area (Å²) in [5.74, 6) is 0. The highest BCUT2D eigenvalue weighted by Gasteiger charge is 2.06. The van der Waals surface area contributed by atoms with E-state index in [0.29, 0.717) is 9.49 Å². The molecule has 0 N–H and O–H groups in total. The molecule has 66 valence electrons. The second kappa shape index (κ2) is 6.14. The standard InChI is InChI=1S/C5H5Cl2NS.CO2/c1-2-3-4(6)8-9-5(3)7;2-1-3/h2H2,1H3;. The Morgan fingerprint density at radius 1 is 1.50 bits per heavy atom. The Labute approximate surface area is 83.5 Å². The van der Waals surface area contributed by atoms with E-state index in [1.165, 1.54) is 11.5 Å². The minimum absolute atomic E-state index is 0.250. The average Bonchev–Trinajstić information content (AvgIpc) is 2.33. The van der Waals surface area contributed by atoms with Crippen LogP contribution in [0.3, 0.4) is 0 Å². The van der Waals surface area contributed by atoms with Gasteiger partial charge < -0.3 is 0 Å². The molecule has 0 aliphatic heterocycles. The zero-order chi connectivity index (χ0) is 9.56. The van der Waals surface area contributed by atoms with Crippen LogP contribution >= 0.6 is 34.7 Å². The Morgan fingerprint density at radius 2 is 2.00 bits per heavy atom. The van der Waals surface area contributed by atoms with Gasteiger partial charge in [0.25, 0.3) is 0 Å². The maximum Gasteiger partial charge on any atom is 0.373 e. The fourth-order valence-electron chi connectivity index (χ4n) is 0.556. The Bertz CT molecular complexity index is 262. The molecule has 3 nitrogen and oxygen atoms in total. The van der Waals surface area contributed by atoms with E-state index >= 15 is 0 Å². The number of halogens is 2.